The zero-order valence-corrected chi connectivity index (χ0v) is 11.7. The summed E-state index contributed by atoms with van der Waals surface area (Å²) in [5, 5.41) is 4.17. The second-order valence-electron chi connectivity index (χ2n) is 4.70. The van der Waals surface area contributed by atoms with Crippen LogP contribution in [0, 0.1) is 0 Å². The topological polar surface area (TPSA) is 29.9 Å². The molecule has 0 spiro atoms. The average molecular weight is 264 g/mol. The van der Waals surface area contributed by atoms with Crippen molar-refractivity contribution in [2.45, 2.75) is 26.4 Å². The number of aromatic nitrogens is 2. The van der Waals surface area contributed by atoms with E-state index in [4.69, 9.17) is 11.6 Å². The molecule has 18 heavy (non-hydrogen) atoms. The highest BCUT2D eigenvalue weighted by molar-refractivity contribution is 6.31. The number of halogens is 1. The van der Waals surface area contributed by atoms with Crippen molar-refractivity contribution in [2.24, 2.45) is 7.05 Å². The van der Waals surface area contributed by atoms with Gasteiger partial charge in [-0.25, -0.2) is 4.98 Å². The fourth-order valence-corrected chi connectivity index (χ4v) is 1.99. The van der Waals surface area contributed by atoms with Gasteiger partial charge in [-0.1, -0.05) is 25.4 Å². The molecule has 1 aromatic heterocycles. The molecule has 0 aliphatic heterocycles. The van der Waals surface area contributed by atoms with Crippen LogP contribution >= 0.6 is 11.6 Å². The van der Waals surface area contributed by atoms with Gasteiger partial charge >= 0.3 is 0 Å². The molecule has 0 fully saturated rings. The number of imidazole rings is 1. The molecule has 0 amide bonds. The Labute approximate surface area is 113 Å². The zero-order chi connectivity index (χ0) is 13.1. The van der Waals surface area contributed by atoms with Crippen LogP contribution in [0.3, 0.4) is 0 Å². The number of hydrogen-bond donors (Lipinski definition) is 1. The molecule has 1 heterocycles. The van der Waals surface area contributed by atoms with Crippen molar-refractivity contribution in [1.29, 1.82) is 0 Å². The SMILES string of the molecule is CC(C)NCc1cc(-c2nccn2C)ccc1Cl. The summed E-state index contributed by atoms with van der Waals surface area (Å²) in [5.41, 5.74) is 2.19. The number of rotatable bonds is 4. The third kappa shape index (κ3) is 2.92. The molecule has 1 N–H and O–H groups in total. The van der Waals surface area contributed by atoms with E-state index in [0.717, 1.165) is 28.5 Å². The number of nitrogens with zero attached hydrogens (tertiary/aromatic N) is 2. The van der Waals surface area contributed by atoms with E-state index in [-0.39, 0.29) is 0 Å². The fraction of sp³-hybridized carbons (Fsp3) is 0.357. The smallest absolute Gasteiger partial charge is 0.139 e. The summed E-state index contributed by atoms with van der Waals surface area (Å²) >= 11 is 6.21. The van der Waals surface area contributed by atoms with Crippen molar-refractivity contribution in [2.75, 3.05) is 0 Å². The van der Waals surface area contributed by atoms with E-state index in [1.807, 2.05) is 29.9 Å². The van der Waals surface area contributed by atoms with Crippen molar-refractivity contribution >= 4 is 11.6 Å². The molecule has 0 saturated carbocycles. The lowest BCUT2D eigenvalue weighted by molar-refractivity contribution is 0.589. The average Bonchev–Trinajstić information content (AvgIpc) is 2.74. The van der Waals surface area contributed by atoms with E-state index in [2.05, 4.69) is 30.2 Å². The van der Waals surface area contributed by atoms with E-state index in [9.17, 15) is 0 Å². The van der Waals surface area contributed by atoms with Crippen LogP contribution in [-0.4, -0.2) is 15.6 Å². The minimum Gasteiger partial charge on any atom is -0.334 e. The Morgan fingerprint density at radius 1 is 1.39 bits per heavy atom. The van der Waals surface area contributed by atoms with Crippen LogP contribution in [0.4, 0.5) is 0 Å². The summed E-state index contributed by atoms with van der Waals surface area (Å²) in [7, 11) is 1.99. The minimum absolute atomic E-state index is 0.442. The Hall–Kier alpha value is -1.32. The number of nitrogens with one attached hydrogen (secondary N) is 1. The summed E-state index contributed by atoms with van der Waals surface area (Å²) < 4.78 is 2.00. The number of benzene rings is 1. The molecular formula is C14H18ClN3. The van der Waals surface area contributed by atoms with Crippen LogP contribution in [0.5, 0.6) is 0 Å². The Bertz CT molecular complexity index is 532. The molecule has 3 nitrogen and oxygen atoms in total. The quantitative estimate of drug-likeness (QED) is 0.918. The van der Waals surface area contributed by atoms with E-state index in [1.54, 1.807) is 6.20 Å². The van der Waals surface area contributed by atoms with Gasteiger partial charge < -0.3 is 9.88 Å². The first-order valence-electron chi connectivity index (χ1n) is 6.07. The first-order valence-corrected chi connectivity index (χ1v) is 6.45. The van der Waals surface area contributed by atoms with Gasteiger partial charge in [0.1, 0.15) is 5.82 Å². The molecule has 1 aromatic carbocycles. The van der Waals surface area contributed by atoms with Crippen LogP contribution in [0.15, 0.2) is 30.6 Å². The molecule has 4 heteroatoms. The van der Waals surface area contributed by atoms with Gasteiger partial charge in [0.2, 0.25) is 0 Å². The molecule has 2 aromatic rings. The van der Waals surface area contributed by atoms with E-state index >= 15 is 0 Å². The third-order valence-electron chi connectivity index (χ3n) is 2.83. The molecule has 2 rings (SSSR count). The van der Waals surface area contributed by atoms with Gasteiger partial charge in [0, 0.05) is 42.6 Å². The molecule has 0 atom stereocenters. The van der Waals surface area contributed by atoms with Crippen LogP contribution in [0.25, 0.3) is 11.4 Å². The van der Waals surface area contributed by atoms with Gasteiger partial charge in [-0.05, 0) is 23.8 Å². The van der Waals surface area contributed by atoms with Crippen LogP contribution in [0.1, 0.15) is 19.4 Å². The third-order valence-corrected chi connectivity index (χ3v) is 3.19. The summed E-state index contributed by atoms with van der Waals surface area (Å²) in [6.45, 7) is 5.02. The molecule has 0 bridgehead atoms. The number of hydrogen-bond acceptors (Lipinski definition) is 2. The summed E-state index contributed by atoms with van der Waals surface area (Å²) in [4.78, 5) is 4.35. The Morgan fingerprint density at radius 3 is 2.78 bits per heavy atom. The lowest BCUT2D eigenvalue weighted by Crippen LogP contribution is -2.22. The van der Waals surface area contributed by atoms with Gasteiger partial charge in [0.05, 0.1) is 0 Å². The molecule has 96 valence electrons. The van der Waals surface area contributed by atoms with Gasteiger partial charge in [-0.2, -0.15) is 0 Å². The van der Waals surface area contributed by atoms with Gasteiger partial charge in [0.25, 0.3) is 0 Å². The van der Waals surface area contributed by atoms with E-state index in [1.165, 1.54) is 0 Å². The first-order chi connectivity index (χ1) is 8.58. The molecule has 0 unspecified atom stereocenters. The Morgan fingerprint density at radius 2 is 2.17 bits per heavy atom. The van der Waals surface area contributed by atoms with Crippen LogP contribution in [-0.2, 0) is 13.6 Å². The molecule has 0 saturated heterocycles. The number of aryl methyl sites for hydroxylation is 1. The Kier molecular flexibility index (Phi) is 4.04. The Balaban J connectivity index is 2.29. The van der Waals surface area contributed by atoms with Gasteiger partial charge in [0.15, 0.2) is 0 Å². The molecule has 0 radical (unpaired) electrons. The van der Waals surface area contributed by atoms with Gasteiger partial charge in [-0.15, -0.1) is 0 Å². The predicted octanol–water partition coefficient (Wildman–Crippen LogP) is 3.24. The van der Waals surface area contributed by atoms with Crippen molar-refractivity contribution in [1.82, 2.24) is 14.9 Å². The lowest BCUT2D eigenvalue weighted by Gasteiger charge is -2.11. The minimum atomic E-state index is 0.442. The normalized spacial score (nSPS) is 11.2. The second kappa shape index (κ2) is 5.55. The van der Waals surface area contributed by atoms with Gasteiger partial charge in [-0.3, -0.25) is 0 Å². The monoisotopic (exact) mass is 263 g/mol. The van der Waals surface area contributed by atoms with Crippen molar-refractivity contribution in [3.63, 3.8) is 0 Å². The lowest BCUT2D eigenvalue weighted by atomic mass is 10.1. The maximum absolute atomic E-state index is 6.21. The summed E-state index contributed by atoms with van der Waals surface area (Å²) in [5.74, 6) is 0.956. The maximum atomic E-state index is 6.21. The largest absolute Gasteiger partial charge is 0.334 e. The maximum Gasteiger partial charge on any atom is 0.139 e. The predicted molar refractivity (Wildman–Crippen MR) is 75.6 cm³/mol. The second-order valence-corrected chi connectivity index (χ2v) is 5.11. The zero-order valence-electron chi connectivity index (χ0n) is 10.9. The van der Waals surface area contributed by atoms with Crippen LogP contribution in [0.2, 0.25) is 5.02 Å². The van der Waals surface area contributed by atoms with Crippen molar-refractivity contribution in [3.8, 4) is 11.4 Å². The fourth-order valence-electron chi connectivity index (χ4n) is 1.81. The van der Waals surface area contributed by atoms with E-state index in [0.29, 0.717) is 6.04 Å². The van der Waals surface area contributed by atoms with Crippen molar-refractivity contribution in [3.05, 3.63) is 41.2 Å². The van der Waals surface area contributed by atoms with E-state index < -0.39 is 0 Å². The summed E-state index contributed by atoms with van der Waals surface area (Å²) in [6, 6.07) is 6.48. The highest BCUT2D eigenvalue weighted by Crippen LogP contribution is 2.23. The van der Waals surface area contributed by atoms with Crippen molar-refractivity contribution < 1.29 is 0 Å². The first kappa shape index (κ1) is 13.1. The highest BCUT2D eigenvalue weighted by Gasteiger charge is 2.07. The highest BCUT2D eigenvalue weighted by atomic mass is 35.5. The standard InChI is InChI=1S/C14H18ClN3/c1-10(2)17-9-12-8-11(4-5-13(12)15)14-16-6-7-18(14)3/h4-8,10,17H,9H2,1-3H3. The molecule has 0 aliphatic rings. The van der Waals surface area contributed by atoms with Crippen LogP contribution < -0.4 is 5.32 Å². The molecule has 0 aliphatic carbocycles. The summed E-state index contributed by atoms with van der Waals surface area (Å²) in [6.07, 6.45) is 3.74. The molecular weight excluding hydrogens is 246 g/mol.